The van der Waals surface area contributed by atoms with Crippen molar-refractivity contribution in [2.45, 2.75) is 70.8 Å². The first-order valence-corrected chi connectivity index (χ1v) is 8.19. The van der Waals surface area contributed by atoms with Crippen LogP contribution in [-0.4, -0.2) is 22.4 Å². The van der Waals surface area contributed by atoms with Gasteiger partial charge in [0.25, 0.3) is 0 Å². The molecule has 0 rings (SSSR count). The Balaban J connectivity index is 3.65. The predicted octanol–water partition coefficient (Wildman–Crippen LogP) is 5.13. The van der Waals surface area contributed by atoms with E-state index in [4.69, 9.17) is 10.4 Å². The van der Waals surface area contributed by atoms with E-state index in [0.717, 1.165) is 44.9 Å². The Morgan fingerprint density at radius 1 is 1.05 bits per heavy atom. The molecule has 2 N–H and O–H groups in total. The molecule has 0 fully saturated rings. The highest BCUT2D eigenvalue weighted by Gasteiger charge is 2.00. The van der Waals surface area contributed by atoms with Crippen molar-refractivity contribution >= 4 is 5.97 Å². The molecule has 4 heteroatoms. The molecule has 1 atom stereocenters. The standard InChI is InChI=1S/C18H30O4/c1-2-3-4-5-8-11-14-17(22-21)15-12-9-6-7-10-13-16-18(19)20/h3-4,8,11-12,15,17,21H,2,5-7,9-10,13-14,16H2,1H3,(H,19,20)/t17-/m0/s1. The third-order valence-electron chi connectivity index (χ3n) is 3.21. The van der Waals surface area contributed by atoms with Crippen LogP contribution >= 0.6 is 0 Å². The summed E-state index contributed by atoms with van der Waals surface area (Å²) in [7, 11) is 0. The van der Waals surface area contributed by atoms with Crippen LogP contribution in [0.3, 0.4) is 0 Å². The van der Waals surface area contributed by atoms with Crippen LogP contribution in [0.5, 0.6) is 0 Å². The van der Waals surface area contributed by atoms with Crippen molar-refractivity contribution in [3.8, 4) is 0 Å². The summed E-state index contributed by atoms with van der Waals surface area (Å²) in [6.07, 6.45) is 19.5. The molecule has 4 nitrogen and oxygen atoms in total. The maximum absolute atomic E-state index is 10.3. The molecular formula is C18H30O4. The zero-order chi connectivity index (χ0) is 16.5. The molecule has 0 aliphatic heterocycles. The van der Waals surface area contributed by atoms with E-state index in [9.17, 15) is 4.79 Å². The van der Waals surface area contributed by atoms with Gasteiger partial charge >= 0.3 is 5.97 Å². The van der Waals surface area contributed by atoms with Gasteiger partial charge in [0.2, 0.25) is 0 Å². The number of hydrogen-bond acceptors (Lipinski definition) is 3. The van der Waals surface area contributed by atoms with Crippen molar-refractivity contribution < 1.29 is 20.0 Å². The van der Waals surface area contributed by atoms with Crippen LogP contribution < -0.4 is 0 Å². The van der Waals surface area contributed by atoms with Crippen LogP contribution in [0.4, 0.5) is 0 Å². The highest BCUT2D eigenvalue weighted by molar-refractivity contribution is 5.66. The van der Waals surface area contributed by atoms with Gasteiger partial charge < -0.3 is 5.11 Å². The number of aliphatic carboxylic acids is 1. The van der Waals surface area contributed by atoms with E-state index in [1.807, 2.05) is 18.2 Å². The second-order valence-corrected chi connectivity index (χ2v) is 5.24. The summed E-state index contributed by atoms with van der Waals surface area (Å²) in [6.45, 7) is 2.10. The first-order chi connectivity index (χ1) is 10.7. The van der Waals surface area contributed by atoms with Crippen molar-refractivity contribution in [3.05, 3.63) is 36.5 Å². The Morgan fingerprint density at radius 2 is 1.77 bits per heavy atom. The first kappa shape index (κ1) is 20.6. The van der Waals surface area contributed by atoms with Crippen molar-refractivity contribution in [2.24, 2.45) is 0 Å². The molecule has 0 unspecified atom stereocenters. The second kappa shape index (κ2) is 16.0. The lowest BCUT2D eigenvalue weighted by atomic mass is 10.1. The molecule has 0 aromatic rings. The predicted molar refractivity (Wildman–Crippen MR) is 89.8 cm³/mol. The van der Waals surface area contributed by atoms with Crippen molar-refractivity contribution in [2.75, 3.05) is 0 Å². The van der Waals surface area contributed by atoms with E-state index in [2.05, 4.69) is 30.0 Å². The number of carboxylic acid groups (broad SMARTS) is 1. The fraction of sp³-hybridized carbons (Fsp3) is 0.611. The number of rotatable bonds is 14. The SMILES string of the molecule is CCC=CCC=CC[C@@H](C=CCCCCCCC(=O)O)OO. The third-order valence-corrected chi connectivity index (χ3v) is 3.21. The van der Waals surface area contributed by atoms with E-state index >= 15 is 0 Å². The van der Waals surface area contributed by atoms with Gasteiger partial charge in [-0.3, -0.25) is 10.1 Å². The van der Waals surface area contributed by atoms with Gasteiger partial charge in [-0.05, 0) is 38.5 Å². The van der Waals surface area contributed by atoms with Crippen molar-refractivity contribution in [1.29, 1.82) is 0 Å². The Bertz CT molecular complexity index is 345. The van der Waals surface area contributed by atoms with Crippen molar-refractivity contribution in [3.63, 3.8) is 0 Å². The maximum Gasteiger partial charge on any atom is 0.303 e. The summed E-state index contributed by atoms with van der Waals surface area (Å²) in [5, 5.41) is 17.4. The van der Waals surface area contributed by atoms with Gasteiger partial charge in [0, 0.05) is 6.42 Å². The zero-order valence-electron chi connectivity index (χ0n) is 13.6. The Labute approximate surface area is 134 Å². The molecule has 0 spiro atoms. The van der Waals surface area contributed by atoms with Crippen LogP contribution in [-0.2, 0) is 9.68 Å². The molecule has 0 saturated carbocycles. The van der Waals surface area contributed by atoms with E-state index < -0.39 is 5.97 Å². The molecule has 0 aliphatic carbocycles. The van der Waals surface area contributed by atoms with Crippen LogP contribution in [0.1, 0.15) is 64.7 Å². The minimum atomic E-state index is -0.721. The highest BCUT2D eigenvalue weighted by atomic mass is 17.1. The molecule has 0 aromatic heterocycles. The number of allylic oxidation sites excluding steroid dienone is 4. The largest absolute Gasteiger partial charge is 0.481 e. The molecule has 0 aromatic carbocycles. The molecule has 0 saturated heterocycles. The van der Waals surface area contributed by atoms with E-state index in [0.29, 0.717) is 6.42 Å². The van der Waals surface area contributed by atoms with Crippen LogP contribution in [0.25, 0.3) is 0 Å². The first-order valence-electron chi connectivity index (χ1n) is 8.19. The number of unbranched alkanes of at least 4 members (excludes halogenated alkanes) is 4. The van der Waals surface area contributed by atoms with Gasteiger partial charge in [0.15, 0.2) is 0 Å². The normalized spacial score (nSPS) is 13.5. The van der Waals surface area contributed by atoms with Crippen LogP contribution in [0, 0.1) is 0 Å². The summed E-state index contributed by atoms with van der Waals surface area (Å²) in [4.78, 5) is 14.8. The molecule has 0 aliphatic rings. The Hall–Kier alpha value is -1.39. The lowest BCUT2D eigenvalue weighted by molar-refractivity contribution is -0.264. The number of hydrogen-bond donors (Lipinski definition) is 2. The molecule has 0 radical (unpaired) electrons. The van der Waals surface area contributed by atoms with Gasteiger partial charge in [-0.2, -0.15) is 0 Å². The van der Waals surface area contributed by atoms with Gasteiger partial charge in [-0.1, -0.05) is 56.2 Å². The summed E-state index contributed by atoms with van der Waals surface area (Å²) in [5.41, 5.74) is 0. The van der Waals surface area contributed by atoms with Gasteiger partial charge in [0.05, 0.1) is 0 Å². The van der Waals surface area contributed by atoms with Crippen molar-refractivity contribution in [1.82, 2.24) is 0 Å². The summed E-state index contributed by atoms with van der Waals surface area (Å²) in [6, 6.07) is 0. The second-order valence-electron chi connectivity index (χ2n) is 5.24. The Morgan fingerprint density at radius 3 is 2.45 bits per heavy atom. The average Bonchev–Trinajstić information content (AvgIpc) is 2.50. The zero-order valence-corrected chi connectivity index (χ0v) is 13.6. The summed E-state index contributed by atoms with van der Waals surface area (Å²) < 4.78 is 0. The fourth-order valence-corrected chi connectivity index (χ4v) is 1.96. The van der Waals surface area contributed by atoms with E-state index in [-0.39, 0.29) is 12.5 Å². The van der Waals surface area contributed by atoms with Gasteiger partial charge in [-0.15, -0.1) is 0 Å². The van der Waals surface area contributed by atoms with E-state index in [1.165, 1.54) is 0 Å². The number of carbonyl (C=O) groups is 1. The van der Waals surface area contributed by atoms with Gasteiger partial charge in [0.1, 0.15) is 6.10 Å². The topological polar surface area (TPSA) is 66.8 Å². The minimum Gasteiger partial charge on any atom is -0.481 e. The summed E-state index contributed by atoms with van der Waals surface area (Å²) in [5.74, 6) is -0.721. The average molecular weight is 310 g/mol. The number of carboxylic acids is 1. The van der Waals surface area contributed by atoms with E-state index in [1.54, 1.807) is 0 Å². The molecule has 0 heterocycles. The summed E-state index contributed by atoms with van der Waals surface area (Å²) >= 11 is 0. The van der Waals surface area contributed by atoms with Gasteiger partial charge in [-0.25, -0.2) is 4.89 Å². The monoisotopic (exact) mass is 310 g/mol. The highest BCUT2D eigenvalue weighted by Crippen LogP contribution is 2.08. The third kappa shape index (κ3) is 15.0. The lowest BCUT2D eigenvalue weighted by Crippen LogP contribution is -2.05. The Kier molecular flexibility index (Phi) is 15.0. The molecule has 22 heavy (non-hydrogen) atoms. The molecule has 0 amide bonds. The smallest absolute Gasteiger partial charge is 0.303 e. The molecule has 126 valence electrons. The fourth-order valence-electron chi connectivity index (χ4n) is 1.96. The van der Waals surface area contributed by atoms with Crippen LogP contribution in [0.15, 0.2) is 36.5 Å². The van der Waals surface area contributed by atoms with Crippen LogP contribution in [0.2, 0.25) is 0 Å². The quantitative estimate of drug-likeness (QED) is 0.202. The molecular weight excluding hydrogens is 280 g/mol. The molecule has 0 bridgehead atoms. The maximum atomic E-state index is 10.3. The lowest BCUT2D eigenvalue weighted by Gasteiger charge is -2.05. The minimum absolute atomic E-state index is 0.260.